The lowest BCUT2D eigenvalue weighted by atomic mass is 9.84. The average molecular weight is 1050 g/mol. The topological polar surface area (TPSA) is 130 Å². The predicted molar refractivity (Wildman–Crippen MR) is 319 cm³/mol. The highest BCUT2D eigenvalue weighted by atomic mass is 16.3. The van der Waals surface area contributed by atoms with Crippen molar-refractivity contribution in [3.8, 4) is 23.0 Å². The van der Waals surface area contributed by atoms with Crippen LogP contribution in [0.4, 0.5) is 0 Å². The van der Waals surface area contributed by atoms with Gasteiger partial charge in [-0.2, -0.15) is 0 Å². The van der Waals surface area contributed by atoms with Crippen LogP contribution in [0.3, 0.4) is 0 Å². The Morgan fingerprint density at radius 3 is 0.868 bits per heavy atom. The summed E-state index contributed by atoms with van der Waals surface area (Å²) in [5, 5.41) is 55.1. The van der Waals surface area contributed by atoms with Gasteiger partial charge in [-0.25, -0.2) is 0 Å². The number of phenols is 4. The number of benzene rings is 4. The first-order chi connectivity index (χ1) is 35.5. The standard InChI is InChI=1S/C34H56N4O2.C31H49N3O2/c1-33(2,3)29-17-25-21-35(7)13-11-15-37(9)23-27-19-30(34(4,5)6)20-28(32(27)40)24-38(10)16-12-14-36(8)22-26(18-29)31(25)39;1-30(2,3)26-15-22-11-8-7-9-12-32-20-24-17-27(31(4,5)6)18-25(29(24)36)21-34-14-10-13-33-19-23(16-26)28(22)35/h17-20,39-40H,11-16,21-24H2,1-10H3;15-18,32-36H,7-14,19-21H2,1-6H3. The highest BCUT2D eigenvalue weighted by Gasteiger charge is 2.24. The monoisotopic (exact) mass is 1050 g/mol. The number of fused-ring (bicyclic) bond motifs is 8. The molecule has 0 spiro atoms. The Hall–Kier alpha value is -4.20. The van der Waals surface area contributed by atoms with Crippen LogP contribution in [0.15, 0.2) is 48.5 Å². The Morgan fingerprint density at radius 1 is 0.316 bits per heavy atom. The highest BCUT2D eigenvalue weighted by molar-refractivity contribution is 5.49. The third kappa shape index (κ3) is 19.0. The van der Waals surface area contributed by atoms with Crippen LogP contribution < -0.4 is 16.0 Å². The third-order valence-corrected chi connectivity index (χ3v) is 15.4. The van der Waals surface area contributed by atoms with E-state index < -0.39 is 0 Å². The van der Waals surface area contributed by atoms with Gasteiger partial charge >= 0.3 is 0 Å². The fraction of sp³-hybridized carbons (Fsp3) is 0.631. The largest absolute Gasteiger partial charge is 0.507 e. The first-order valence-corrected chi connectivity index (χ1v) is 28.8. The summed E-state index contributed by atoms with van der Waals surface area (Å²) in [4.78, 5) is 9.25. The summed E-state index contributed by atoms with van der Waals surface area (Å²) in [6, 6.07) is 17.5. The summed E-state index contributed by atoms with van der Waals surface area (Å²) in [5.74, 6) is 1.77. The molecule has 0 fully saturated rings. The zero-order valence-electron chi connectivity index (χ0n) is 50.5. The Morgan fingerprint density at radius 2 is 0.566 bits per heavy atom. The molecular formula is C65H105N7O4. The maximum atomic E-state index is 11.3. The maximum absolute atomic E-state index is 11.3. The molecule has 7 N–H and O–H groups in total. The zero-order valence-corrected chi connectivity index (χ0v) is 50.5. The maximum Gasteiger partial charge on any atom is 0.124 e. The van der Waals surface area contributed by atoms with Crippen molar-refractivity contribution in [2.75, 3.05) is 74.0 Å². The highest BCUT2D eigenvalue weighted by Crippen LogP contribution is 2.36. The lowest BCUT2D eigenvalue weighted by Crippen LogP contribution is -2.27. The van der Waals surface area contributed by atoms with E-state index >= 15 is 0 Å². The first kappa shape index (κ1) is 62.6. The van der Waals surface area contributed by atoms with E-state index in [-0.39, 0.29) is 21.7 Å². The summed E-state index contributed by atoms with van der Waals surface area (Å²) in [6.45, 7) is 38.1. The van der Waals surface area contributed by atoms with Crippen LogP contribution in [0.1, 0.15) is 188 Å². The van der Waals surface area contributed by atoms with Gasteiger partial charge in [-0.15, -0.1) is 0 Å². The quantitative estimate of drug-likeness (QED) is 0.0909. The number of aryl methyl sites for hydroxylation is 1. The molecular weight excluding hydrogens is 943 g/mol. The van der Waals surface area contributed by atoms with Crippen LogP contribution in [-0.4, -0.2) is 114 Å². The number of nitrogens with zero attached hydrogens (tertiary/aromatic N) is 4. The van der Waals surface area contributed by atoms with Crippen LogP contribution in [0.2, 0.25) is 0 Å². The van der Waals surface area contributed by atoms with Gasteiger partial charge in [0, 0.05) is 84.8 Å². The van der Waals surface area contributed by atoms with E-state index in [1.807, 2.05) is 0 Å². The van der Waals surface area contributed by atoms with Gasteiger partial charge < -0.3 is 56.0 Å². The molecule has 0 radical (unpaired) electrons. The van der Waals surface area contributed by atoms with Crippen molar-refractivity contribution in [2.24, 2.45) is 0 Å². The van der Waals surface area contributed by atoms with Crippen LogP contribution in [-0.2, 0) is 73.9 Å². The summed E-state index contributed by atoms with van der Waals surface area (Å²) in [6.07, 6.45) is 7.11. The summed E-state index contributed by atoms with van der Waals surface area (Å²) >= 11 is 0. The number of rotatable bonds is 0. The lowest BCUT2D eigenvalue weighted by molar-refractivity contribution is 0.258. The minimum absolute atomic E-state index is 0.0157. The number of hydrogen-bond donors (Lipinski definition) is 7. The van der Waals surface area contributed by atoms with Crippen molar-refractivity contribution in [3.05, 3.63) is 115 Å². The minimum Gasteiger partial charge on any atom is -0.507 e. The molecule has 0 unspecified atom stereocenters. The van der Waals surface area contributed by atoms with Crippen LogP contribution >= 0.6 is 0 Å². The molecule has 2 aliphatic rings. The molecule has 2 aliphatic heterocycles. The molecule has 11 nitrogen and oxygen atoms in total. The molecule has 0 saturated carbocycles. The molecule has 424 valence electrons. The second-order valence-corrected chi connectivity index (χ2v) is 26.9. The summed E-state index contributed by atoms with van der Waals surface area (Å²) in [7, 11) is 8.57. The third-order valence-electron chi connectivity index (χ3n) is 15.4. The summed E-state index contributed by atoms with van der Waals surface area (Å²) in [5.41, 5.74) is 13.3. The van der Waals surface area contributed by atoms with E-state index in [9.17, 15) is 20.4 Å². The van der Waals surface area contributed by atoms with Crippen LogP contribution in [0.5, 0.6) is 23.0 Å². The summed E-state index contributed by atoms with van der Waals surface area (Å²) < 4.78 is 0. The van der Waals surface area contributed by atoms with Crippen LogP contribution in [0.25, 0.3) is 0 Å². The van der Waals surface area contributed by atoms with Crippen molar-refractivity contribution in [1.82, 2.24) is 35.6 Å². The molecule has 0 aromatic heterocycles. The van der Waals surface area contributed by atoms with Gasteiger partial charge in [-0.05, 0) is 162 Å². The van der Waals surface area contributed by atoms with E-state index in [2.05, 4.69) is 195 Å². The van der Waals surface area contributed by atoms with Gasteiger partial charge in [0.15, 0.2) is 0 Å². The molecule has 76 heavy (non-hydrogen) atoms. The number of nitrogens with one attached hydrogen (secondary N) is 3. The van der Waals surface area contributed by atoms with Crippen molar-refractivity contribution in [1.29, 1.82) is 0 Å². The average Bonchev–Trinajstić information content (AvgIpc) is 3.30. The van der Waals surface area contributed by atoms with E-state index in [4.69, 9.17) is 0 Å². The van der Waals surface area contributed by atoms with Crippen molar-refractivity contribution < 1.29 is 20.4 Å². The molecule has 0 atom stereocenters. The molecule has 8 bridgehead atoms. The number of phenolic OH excluding ortho intramolecular Hbond substituents is 4. The molecule has 0 aliphatic carbocycles. The van der Waals surface area contributed by atoms with Crippen molar-refractivity contribution >= 4 is 0 Å². The van der Waals surface area contributed by atoms with Crippen molar-refractivity contribution in [2.45, 2.75) is 196 Å². The molecule has 4 aromatic rings. The Bertz CT molecular complexity index is 2180. The second-order valence-electron chi connectivity index (χ2n) is 26.9. The van der Waals surface area contributed by atoms with Crippen LogP contribution in [0, 0.1) is 0 Å². The number of aromatic hydroxyl groups is 4. The molecule has 6 rings (SSSR count). The van der Waals surface area contributed by atoms with Gasteiger partial charge in [0.05, 0.1) is 0 Å². The van der Waals surface area contributed by atoms with E-state index in [1.54, 1.807) is 0 Å². The molecule has 0 saturated heterocycles. The molecule has 11 heteroatoms. The SMILES string of the molecule is CC(C)(C)c1cc2c(O)c(c1)CNCCCNCc1cc(C(C)(C)C)cc(c1O)CNCCCCC2.CN1CCCN(C)Cc2cc(C(C)(C)C)cc(c2O)CN(C)CCCN(C)Cc2cc(C(C)(C)C)cc(c2O)C1. The fourth-order valence-electron chi connectivity index (χ4n) is 10.3. The fourth-order valence-corrected chi connectivity index (χ4v) is 10.3. The van der Waals surface area contributed by atoms with Gasteiger partial charge in [-0.3, -0.25) is 0 Å². The Labute approximate surface area is 461 Å². The van der Waals surface area contributed by atoms with E-state index in [0.717, 1.165) is 161 Å². The van der Waals surface area contributed by atoms with Gasteiger partial charge in [-0.1, -0.05) is 138 Å². The van der Waals surface area contributed by atoms with E-state index in [0.29, 0.717) is 42.6 Å². The molecule has 4 aromatic carbocycles. The van der Waals surface area contributed by atoms with Gasteiger partial charge in [0.25, 0.3) is 0 Å². The normalized spacial score (nSPS) is 18.3. The molecule has 2 heterocycles. The Kier molecular flexibility index (Phi) is 22.7. The minimum atomic E-state index is 0.0157. The van der Waals surface area contributed by atoms with Crippen molar-refractivity contribution in [3.63, 3.8) is 0 Å². The van der Waals surface area contributed by atoms with E-state index in [1.165, 1.54) is 22.3 Å². The van der Waals surface area contributed by atoms with Gasteiger partial charge in [0.2, 0.25) is 0 Å². The Balaban J connectivity index is 0.000000282. The zero-order chi connectivity index (χ0) is 56.2. The second kappa shape index (κ2) is 27.6. The van der Waals surface area contributed by atoms with Gasteiger partial charge in [0.1, 0.15) is 23.0 Å². The predicted octanol–water partition coefficient (Wildman–Crippen LogP) is 11.7. The number of hydrogen-bond acceptors (Lipinski definition) is 11. The first-order valence-electron chi connectivity index (χ1n) is 28.8. The smallest absolute Gasteiger partial charge is 0.124 e. The molecule has 0 amide bonds. The lowest BCUT2D eigenvalue weighted by Gasteiger charge is -2.28.